The van der Waals surface area contributed by atoms with E-state index in [4.69, 9.17) is 10.5 Å². The number of halogens is 1. The summed E-state index contributed by atoms with van der Waals surface area (Å²) in [6.07, 6.45) is 2.57. The molecule has 8 nitrogen and oxygen atoms in total. The maximum Gasteiger partial charge on any atom is 0.350 e. The number of nitrogens with two attached hydrogens (primary N) is 1. The van der Waals surface area contributed by atoms with E-state index in [0.29, 0.717) is 5.82 Å². The number of anilines is 1. The molecule has 0 radical (unpaired) electrons. The molecule has 0 bridgehead atoms. The Morgan fingerprint density at radius 1 is 1.45 bits per heavy atom. The van der Waals surface area contributed by atoms with E-state index in [1.54, 1.807) is 4.40 Å². The molecule has 0 aliphatic carbocycles. The van der Waals surface area contributed by atoms with E-state index in [-0.39, 0.29) is 5.56 Å². The summed E-state index contributed by atoms with van der Waals surface area (Å²) in [5.41, 5.74) is 8.36. The molecule has 0 atom stereocenters. The van der Waals surface area contributed by atoms with Crippen molar-refractivity contribution in [3.05, 3.63) is 33.7 Å². The predicted octanol–water partition coefficient (Wildman–Crippen LogP) is 0.632. The fourth-order valence-electron chi connectivity index (χ4n) is 1.47. The second-order valence-electron chi connectivity index (χ2n) is 3.81. The number of nitrogens with one attached hydrogen (secondary N) is 1. The van der Waals surface area contributed by atoms with Crippen molar-refractivity contribution in [2.75, 3.05) is 5.73 Å². The van der Waals surface area contributed by atoms with Gasteiger partial charge in [0, 0.05) is 22.9 Å². The molecular weight excluding hydrogens is 308 g/mol. The number of fused-ring (bicyclic) bond motifs is 1. The third-order valence-corrected chi connectivity index (χ3v) is 2.94. The molecule has 108 valence electrons. The summed E-state index contributed by atoms with van der Waals surface area (Å²) in [6.45, 7) is 3.92. The van der Waals surface area contributed by atoms with Crippen LogP contribution in [0.4, 0.5) is 5.82 Å². The molecule has 2 aromatic rings. The van der Waals surface area contributed by atoms with Crippen molar-refractivity contribution < 1.29 is 13.2 Å². The Labute approximate surface area is 118 Å². The summed E-state index contributed by atoms with van der Waals surface area (Å²) in [7, 11) is 0.376. The van der Waals surface area contributed by atoms with Crippen molar-refractivity contribution in [1.82, 2.24) is 9.38 Å². The number of H-pyrrole nitrogens is 1. The Hall–Kier alpha value is -2.09. The smallest absolute Gasteiger partial charge is 0.350 e. The maximum atomic E-state index is 11.4. The van der Waals surface area contributed by atoms with Gasteiger partial charge in [0.2, 0.25) is 0 Å². The molecule has 0 aliphatic heterocycles. The molecule has 3 N–H and O–H groups in total. The SMILES string of the molecule is Cc1cn2c(=O)cc(N)[nH]c2c1C.O=C=NS(=O)(=O)Cl. The molecule has 20 heavy (non-hydrogen) atoms. The van der Waals surface area contributed by atoms with E-state index in [0.717, 1.165) is 22.9 Å². The zero-order valence-electron chi connectivity index (χ0n) is 10.5. The molecule has 0 amide bonds. The average molecular weight is 319 g/mol. The van der Waals surface area contributed by atoms with Gasteiger partial charge in [0.15, 0.2) is 0 Å². The molecular formula is C10H11ClN4O4S. The minimum absolute atomic E-state index is 0.0950. The van der Waals surface area contributed by atoms with E-state index in [1.165, 1.54) is 6.07 Å². The van der Waals surface area contributed by atoms with Gasteiger partial charge >= 0.3 is 9.24 Å². The van der Waals surface area contributed by atoms with Crippen LogP contribution in [0.5, 0.6) is 0 Å². The van der Waals surface area contributed by atoms with Crippen molar-refractivity contribution in [3.8, 4) is 0 Å². The summed E-state index contributed by atoms with van der Waals surface area (Å²) in [5, 5.41) is 0. The van der Waals surface area contributed by atoms with Gasteiger partial charge in [0.05, 0.1) is 0 Å². The fourth-order valence-corrected chi connectivity index (χ4v) is 1.64. The maximum absolute atomic E-state index is 11.4. The van der Waals surface area contributed by atoms with Crippen LogP contribution in [0.2, 0.25) is 0 Å². The molecule has 2 aromatic heterocycles. The zero-order chi connectivity index (χ0) is 15.5. The standard InChI is InChI=1S/C9H11N3O.CClNO3S/c1-5-4-12-8(13)3-7(10)11-9(12)6(5)2;2-7(5,6)3-1-4/h3-4,11H,10H2,1-2H3;. The lowest BCUT2D eigenvalue weighted by Crippen LogP contribution is -2.12. The zero-order valence-corrected chi connectivity index (χ0v) is 12.1. The first-order chi connectivity index (χ1) is 9.15. The van der Waals surface area contributed by atoms with Crippen molar-refractivity contribution >= 4 is 37.5 Å². The van der Waals surface area contributed by atoms with Crippen molar-refractivity contribution in [2.45, 2.75) is 13.8 Å². The molecule has 0 fully saturated rings. The van der Waals surface area contributed by atoms with Crippen LogP contribution in [0.1, 0.15) is 11.1 Å². The van der Waals surface area contributed by atoms with Crippen molar-refractivity contribution in [1.29, 1.82) is 0 Å². The van der Waals surface area contributed by atoms with Gasteiger partial charge in [0.25, 0.3) is 11.6 Å². The van der Waals surface area contributed by atoms with Gasteiger partial charge in [-0.2, -0.15) is 8.42 Å². The molecule has 0 saturated carbocycles. The fraction of sp³-hybridized carbons (Fsp3) is 0.200. The van der Waals surface area contributed by atoms with E-state index >= 15 is 0 Å². The Balaban J connectivity index is 0.000000246. The van der Waals surface area contributed by atoms with Crippen LogP contribution in [-0.2, 0) is 14.0 Å². The first kappa shape index (κ1) is 16.0. The molecule has 2 heterocycles. The highest BCUT2D eigenvalue weighted by Gasteiger charge is 2.05. The van der Waals surface area contributed by atoms with E-state index < -0.39 is 9.24 Å². The summed E-state index contributed by atoms with van der Waals surface area (Å²) in [4.78, 5) is 23.5. The van der Waals surface area contributed by atoms with Gasteiger partial charge in [-0.25, -0.2) is 4.79 Å². The molecule has 0 aromatic carbocycles. The number of isocyanates is 1. The van der Waals surface area contributed by atoms with Gasteiger partial charge < -0.3 is 10.7 Å². The summed E-state index contributed by atoms with van der Waals surface area (Å²) < 4.78 is 22.9. The van der Waals surface area contributed by atoms with Gasteiger partial charge in [0.1, 0.15) is 11.5 Å². The highest BCUT2D eigenvalue weighted by atomic mass is 35.7. The third-order valence-electron chi connectivity index (χ3n) is 2.44. The number of nitrogens with zero attached hydrogens (tertiary/aromatic N) is 2. The van der Waals surface area contributed by atoms with Crippen LogP contribution in [0.25, 0.3) is 5.65 Å². The molecule has 2 rings (SSSR count). The number of nitrogen functional groups attached to an aromatic ring is 1. The third kappa shape index (κ3) is 3.95. The largest absolute Gasteiger partial charge is 0.385 e. The van der Waals surface area contributed by atoms with Gasteiger partial charge in [-0.1, -0.05) is 4.40 Å². The Kier molecular flexibility index (Phi) is 4.72. The topological polar surface area (TPSA) is 127 Å². The van der Waals surface area contributed by atoms with E-state index in [9.17, 15) is 13.2 Å². The Morgan fingerprint density at radius 3 is 2.50 bits per heavy atom. The van der Waals surface area contributed by atoms with Crippen LogP contribution < -0.4 is 11.3 Å². The summed E-state index contributed by atoms with van der Waals surface area (Å²) >= 11 is 0. The molecule has 0 spiro atoms. The van der Waals surface area contributed by atoms with Crippen molar-refractivity contribution in [3.63, 3.8) is 0 Å². The number of aromatic nitrogens is 2. The normalized spacial score (nSPS) is 10.6. The quantitative estimate of drug-likeness (QED) is 0.453. The average Bonchev–Trinajstić information content (AvgIpc) is 2.56. The van der Waals surface area contributed by atoms with Crippen LogP contribution in [0, 0.1) is 13.8 Å². The first-order valence-electron chi connectivity index (χ1n) is 5.16. The van der Waals surface area contributed by atoms with E-state index in [2.05, 4.69) is 20.1 Å². The minimum Gasteiger partial charge on any atom is -0.385 e. The monoisotopic (exact) mass is 318 g/mol. The second-order valence-corrected chi connectivity index (χ2v) is 5.99. The van der Waals surface area contributed by atoms with Crippen molar-refractivity contribution in [2.24, 2.45) is 4.40 Å². The number of hydrogen-bond donors (Lipinski definition) is 2. The number of aryl methyl sites for hydroxylation is 2. The first-order valence-corrected chi connectivity index (χ1v) is 7.43. The summed E-state index contributed by atoms with van der Waals surface area (Å²) in [6, 6.07) is 1.38. The van der Waals surface area contributed by atoms with Gasteiger partial charge in [-0.05, 0) is 25.0 Å². The van der Waals surface area contributed by atoms with Gasteiger partial charge in [-0.3, -0.25) is 9.20 Å². The minimum atomic E-state index is -4.00. The highest BCUT2D eigenvalue weighted by molar-refractivity contribution is 8.12. The molecule has 10 heteroatoms. The molecule has 0 saturated heterocycles. The predicted molar refractivity (Wildman–Crippen MR) is 74.8 cm³/mol. The lowest BCUT2D eigenvalue weighted by atomic mass is 10.2. The lowest BCUT2D eigenvalue weighted by molar-refractivity contribution is 0.564. The van der Waals surface area contributed by atoms with Crippen LogP contribution in [0.3, 0.4) is 0 Å². The van der Waals surface area contributed by atoms with Crippen LogP contribution in [0.15, 0.2) is 21.5 Å². The number of aromatic amines is 1. The van der Waals surface area contributed by atoms with Gasteiger partial charge in [-0.15, -0.1) is 0 Å². The number of rotatable bonds is 1. The van der Waals surface area contributed by atoms with Crippen LogP contribution in [-0.4, -0.2) is 23.9 Å². The number of carbonyl (C=O) groups excluding carboxylic acids is 1. The van der Waals surface area contributed by atoms with E-state index in [1.807, 2.05) is 20.0 Å². The second kappa shape index (κ2) is 5.91. The highest BCUT2D eigenvalue weighted by Crippen LogP contribution is 2.13. The Bertz CT molecular complexity index is 846. The lowest BCUT2D eigenvalue weighted by Gasteiger charge is -1.97. The van der Waals surface area contributed by atoms with Crippen LogP contribution >= 0.6 is 10.7 Å². The molecule has 0 aliphatic rings. The molecule has 0 unspecified atom stereocenters. The Morgan fingerprint density at radius 2 is 2.05 bits per heavy atom. The summed E-state index contributed by atoms with van der Waals surface area (Å²) in [5.74, 6) is 0.402. The number of hydrogen-bond acceptors (Lipinski definition) is 5.